The van der Waals surface area contributed by atoms with Gasteiger partial charge in [-0.05, 0) is 47.7 Å². The van der Waals surface area contributed by atoms with Gasteiger partial charge in [-0.2, -0.15) is 0 Å². The lowest BCUT2D eigenvalue weighted by molar-refractivity contribution is -0.122. The summed E-state index contributed by atoms with van der Waals surface area (Å²) in [5, 5.41) is 10.8. The van der Waals surface area contributed by atoms with E-state index in [1.807, 2.05) is 32.0 Å². The van der Waals surface area contributed by atoms with Gasteiger partial charge in [0.1, 0.15) is 11.6 Å². The van der Waals surface area contributed by atoms with E-state index in [1.54, 1.807) is 25.3 Å². The number of ether oxygens (including phenoxy) is 1. The molecule has 0 fully saturated rings. The van der Waals surface area contributed by atoms with Crippen LogP contribution in [0.5, 0.6) is 5.75 Å². The Kier molecular flexibility index (Phi) is 6.59. The third-order valence-corrected chi connectivity index (χ3v) is 4.73. The summed E-state index contributed by atoms with van der Waals surface area (Å²) in [6.07, 6.45) is 0.292. The van der Waals surface area contributed by atoms with Gasteiger partial charge in [0.05, 0.1) is 13.7 Å². The molecule has 1 N–H and O–H groups in total. The minimum absolute atomic E-state index is 0.00868. The van der Waals surface area contributed by atoms with Crippen LogP contribution in [0.3, 0.4) is 0 Å². The van der Waals surface area contributed by atoms with Gasteiger partial charge in [0.25, 0.3) is 0 Å². The molecule has 2 aromatic carbocycles. The van der Waals surface area contributed by atoms with E-state index in [0.717, 1.165) is 11.1 Å². The summed E-state index contributed by atoms with van der Waals surface area (Å²) in [6.45, 7) is 4.23. The number of nitrogens with one attached hydrogen (secondary N) is 1. The third kappa shape index (κ3) is 5.40. The fraction of sp³-hybridized carbons (Fsp3) is 0.318. The number of aromatic nitrogens is 2. The van der Waals surface area contributed by atoms with Crippen LogP contribution in [-0.4, -0.2) is 23.2 Å². The van der Waals surface area contributed by atoms with Gasteiger partial charge in [-0.25, -0.2) is 4.39 Å². The van der Waals surface area contributed by atoms with E-state index >= 15 is 0 Å². The quantitative estimate of drug-likeness (QED) is 0.612. The van der Waals surface area contributed by atoms with Crippen molar-refractivity contribution in [3.05, 3.63) is 65.8 Å². The molecule has 0 saturated carbocycles. The number of carbonyl (C=O) groups excluding carboxylic acids is 1. The van der Waals surface area contributed by atoms with E-state index in [-0.39, 0.29) is 30.1 Å². The Bertz CT molecular complexity index is 954. The molecule has 1 aromatic heterocycles. The number of benzene rings is 2. The zero-order chi connectivity index (χ0) is 20.8. The maximum absolute atomic E-state index is 13.2. The molecule has 0 aliphatic carbocycles. The molecule has 1 unspecified atom stereocenters. The van der Waals surface area contributed by atoms with Crippen molar-refractivity contribution in [2.24, 2.45) is 5.92 Å². The molecule has 3 aromatic rings. The topological polar surface area (TPSA) is 77.3 Å². The molecule has 0 aliphatic heterocycles. The molecular weight excluding hydrogens is 373 g/mol. The highest BCUT2D eigenvalue weighted by Gasteiger charge is 2.20. The number of amides is 1. The maximum atomic E-state index is 13.2. The summed E-state index contributed by atoms with van der Waals surface area (Å²) >= 11 is 0. The van der Waals surface area contributed by atoms with Crippen LogP contribution >= 0.6 is 0 Å². The zero-order valence-electron chi connectivity index (χ0n) is 16.7. The standard InChI is InChI=1S/C22H24FN3O3/c1-14(2)19(15-7-9-17(23)10-8-15)12-20(27)24-13-21-25-26-22(29-21)16-5-4-6-18(11-16)28-3/h4-11,14,19H,12-13H2,1-3H3,(H,24,27). The van der Waals surface area contributed by atoms with Crippen LogP contribution in [0.4, 0.5) is 4.39 Å². The molecule has 0 bridgehead atoms. The Labute approximate surface area is 169 Å². The van der Waals surface area contributed by atoms with Crippen molar-refractivity contribution in [3.8, 4) is 17.2 Å². The average Bonchev–Trinajstić information content (AvgIpc) is 3.20. The van der Waals surface area contributed by atoms with E-state index in [2.05, 4.69) is 15.5 Å². The van der Waals surface area contributed by atoms with E-state index in [9.17, 15) is 9.18 Å². The van der Waals surface area contributed by atoms with Crippen LogP contribution < -0.4 is 10.1 Å². The molecule has 7 heteroatoms. The smallest absolute Gasteiger partial charge is 0.247 e. The molecule has 6 nitrogen and oxygen atoms in total. The summed E-state index contributed by atoms with van der Waals surface area (Å²) in [5.74, 6) is 1.17. The van der Waals surface area contributed by atoms with Crippen molar-refractivity contribution in [3.63, 3.8) is 0 Å². The van der Waals surface area contributed by atoms with Crippen LogP contribution in [0, 0.1) is 11.7 Å². The first-order valence-corrected chi connectivity index (χ1v) is 9.45. The number of hydrogen-bond acceptors (Lipinski definition) is 5. The number of nitrogens with zero attached hydrogens (tertiary/aromatic N) is 2. The van der Waals surface area contributed by atoms with Crippen LogP contribution in [0.15, 0.2) is 52.9 Å². The molecule has 1 amide bonds. The minimum atomic E-state index is -0.288. The van der Waals surface area contributed by atoms with Crippen molar-refractivity contribution in [1.29, 1.82) is 0 Å². The van der Waals surface area contributed by atoms with Crippen molar-refractivity contribution in [1.82, 2.24) is 15.5 Å². The Morgan fingerprint density at radius 1 is 1.17 bits per heavy atom. The number of hydrogen-bond donors (Lipinski definition) is 1. The fourth-order valence-electron chi connectivity index (χ4n) is 3.09. The van der Waals surface area contributed by atoms with Gasteiger partial charge in [0.15, 0.2) is 0 Å². The van der Waals surface area contributed by atoms with Gasteiger partial charge in [0.2, 0.25) is 17.7 Å². The van der Waals surface area contributed by atoms with Gasteiger partial charge in [-0.3, -0.25) is 4.79 Å². The minimum Gasteiger partial charge on any atom is -0.497 e. The van der Waals surface area contributed by atoms with E-state index < -0.39 is 0 Å². The molecule has 152 valence electrons. The highest BCUT2D eigenvalue weighted by atomic mass is 19.1. The summed E-state index contributed by atoms with van der Waals surface area (Å²) in [4.78, 5) is 12.4. The third-order valence-electron chi connectivity index (χ3n) is 4.73. The first-order valence-electron chi connectivity index (χ1n) is 9.45. The molecule has 0 radical (unpaired) electrons. The maximum Gasteiger partial charge on any atom is 0.247 e. The highest BCUT2D eigenvalue weighted by molar-refractivity contribution is 5.76. The lowest BCUT2D eigenvalue weighted by atomic mass is 9.85. The van der Waals surface area contributed by atoms with Gasteiger partial charge >= 0.3 is 0 Å². The number of methoxy groups -OCH3 is 1. The van der Waals surface area contributed by atoms with Crippen molar-refractivity contribution in [2.75, 3.05) is 7.11 Å². The SMILES string of the molecule is COc1cccc(-c2nnc(CNC(=O)CC(c3ccc(F)cc3)C(C)C)o2)c1. The van der Waals surface area contributed by atoms with E-state index in [0.29, 0.717) is 24.0 Å². The Morgan fingerprint density at radius 2 is 1.93 bits per heavy atom. The van der Waals surface area contributed by atoms with Crippen LogP contribution in [0.25, 0.3) is 11.5 Å². The first-order chi connectivity index (χ1) is 14.0. The van der Waals surface area contributed by atoms with Crippen LogP contribution in [0.1, 0.15) is 37.6 Å². The van der Waals surface area contributed by atoms with Crippen molar-refractivity contribution >= 4 is 5.91 Å². The summed E-state index contributed by atoms with van der Waals surface area (Å²) in [6, 6.07) is 13.6. The van der Waals surface area contributed by atoms with Gasteiger partial charge in [-0.1, -0.05) is 32.0 Å². The second kappa shape index (κ2) is 9.32. The van der Waals surface area contributed by atoms with Crippen LogP contribution in [0.2, 0.25) is 0 Å². The summed E-state index contributed by atoms with van der Waals surface area (Å²) in [7, 11) is 1.59. The van der Waals surface area contributed by atoms with Gasteiger partial charge in [-0.15, -0.1) is 10.2 Å². The fourth-order valence-corrected chi connectivity index (χ4v) is 3.09. The largest absolute Gasteiger partial charge is 0.497 e. The molecular formula is C22H24FN3O3. The number of halogens is 1. The normalized spacial score (nSPS) is 12.0. The lowest BCUT2D eigenvalue weighted by Crippen LogP contribution is -2.26. The second-order valence-electron chi connectivity index (χ2n) is 7.12. The molecule has 0 saturated heterocycles. The predicted molar refractivity (Wildman–Crippen MR) is 107 cm³/mol. The highest BCUT2D eigenvalue weighted by Crippen LogP contribution is 2.28. The monoisotopic (exact) mass is 397 g/mol. The lowest BCUT2D eigenvalue weighted by Gasteiger charge is -2.20. The van der Waals surface area contributed by atoms with E-state index in [4.69, 9.17) is 9.15 Å². The molecule has 0 aliphatic rings. The Balaban J connectivity index is 1.60. The van der Waals surface area contributed by atoms with Crippen molar-refractivity contribution < 1.29 is 18.3 Å². The molecule has 1 atom stereocenters. The van der Waals surface area contributed by atoms with E-state index in [1.165, 1.54) is 12.1 Å². The van der Waals surface area contributed by atoms with Gasteiger partial charge in [0, 0.05) is 12.0 Å². The predicted octanol–water partition coefficient (Wildman–Crippen LogP) is 4.33. The van der Waals surface area contributed by atoms with Crippen LogP contribution in [-0.2, 0) is 11.3 Å². The Hall–Kier alpha value is -3.22. The molecule has 0 spiro atoms. The summed E-state index contributed by atoms with van der Waals surface area (Å²) < 4.78 is 24.0. The average molecular weight is 397 g/mol. The Morgan fingerprint density at radius 3 is 2.62 bits per heavy atom. The molecule has 3 rings (SSSR count). The first kappa shape index (κ1) is 20.5. The summed E-state index contributed by atoms with van der Waals surface area (Å²) in [5.41, 5.74) is 1.68. The second-order valence-corrected chi connectivity index (χ2v) is 7.12. The molecule has 1 heterocycles. The zero-order valence-corrected chi connectivity index (χ0v) is 16.7. The van der Waals surface area contributed by atoms with Gasteiger partial charge < -0.3 is 14.5 Å². The number of rotatable bonds is 8. The van der Waals surface area contributed by atoms with Crippen molar-refractivity contribution in [2.45, 2.75) is 32.7 Å². The molecule has 29 heavy (non-hydrogen) atoms. The number of carbonyl (C=O) groups is 1.